The van der Waals surface area contributed by atoms with Gasteiger partial charge in [0.05, 0.1) is 12.2 Å². The average molecular weight is 249 g/mol. The Labute approximate surface area is 103 Å². The van der Waals surface area contributed by atoms with E-state index in [1.165, 1.54) is 12.1 Å². The highest BCUT2D eigenvalue weighted by Gasteiger charge is 2.22. The molecular formula is C13H12FNO3. The number of ketones is 1. The average Bonchev–Trinajstić information content (AvgIpc) is 2.66. The molecule has 0 radical (unpaired) electrons. The fraction of sp³-hybridized carbons (Fsp3) is 0.231. The molecule has 0 bridgehead atoms. The number of Topliss-reactive ketones (excluding diaryl/α,β-unsaturated/α-hetero) is 1. The summed E-state index contributed by atoms with van der Waals surface area (Å²) in [5.74, 6) is -2.73. The molecule has 0 amide bonds. The summed E-state index contributed by atoms with van der Waals surface area (Å²) in [4.78, 5) is 25.9. The van der Waals surface area contributed by atoms with Gasteiger partial charge >= 0.3 is 5.97 Å². The highest BCUT2D eigenvalue weighted by atomic mass is 19.1. The Hall–Kier alpha value is -2.17. The van der Waals surface area contributed by atoms with E-state index in [4.69, 9.17) is 0 Å². The van der Waals surface area contributed by atoms with Crippen LogP contribution in [0.3, 0.4) is 0 Å². The first-order valence-corrected chi connectivity index (χ1v) is 5.53. The van der Waals surface area contributed by atoms with E-state index >= 15 is 0 Å². The van der Waals surface area contributed by atoms with Gasteiger partial charge in [0, 0.05) is 16.6 Å². The molecule has 5 heteroatoms. The summed E-state index contributed by atoms with van der Waals surface area (Å²) in [6.07, 6.45) is 0. The van der Waals surface area contributed by atoms with Crippen LogP contribution in [0.4, 0.5) is 4.39 Å². The van der Waals surface area contributed by atoms with Crippen molar-refractivity contribution in [3.63, 3.8) is 0 Å². The molecule has 94 valence electrons. The zero-order chi connectivity index (χ0) is 13.3. The summed E-state index contributed by atoms with van der Waals surface area (Å²) in [6.45, 7) is 3.49. The fourth-order valence-corrected chi connectivity index (χ4v) is 1.78. The number of carbonyl (C=O) groups is 2. The van der Waals surface area contributed by atoms with Gasteiger partial charge in [-0.25, -0.2) is 9.18 Å². The van der Waals surface area contributed by atoms with Crippen molar-refractivity contribution in [1.82, 2.24) is 4.98 Å². The van der Waals surface area contributed by atoms with Crippen LogP contribution < -0.4 is 0 Å². The number of hydrogen-bond donors (Lipinski definition) is 1. The Kier molecular flexibility index (Phi) is 3.14. The van der Waals surface area contributed by atoms with Crippen LogP contribution in [0.25, 0.3) is 10.9 Å². The number of esters is 1. The molecule has 0 spiro atoms. The molecule has 0 atom stereocenters. The summed E-state index contributed by atoms with van der Waals surface area (Å²) in [7, 11) is 0. The second-order valence-electron chi connectivity index (χ2n) is 3.92. The van der Waals surface area contributed by atoms with Crippen LogP contribution in [-0.2, 0) is 9.53 Å². The molecule has 1 heterocycles. The minimum atomic E-state index is -1.04. The Balaban J connectivity index is 2.47. The second kappa shape index (κ2) is 4.60. The molecule has 0 saturated heterocycles. The van der Waals surface area contributed by atoms with Crippen molar-refractivity contribution in [2.24, 2.45) is 0 Å². The quantitative estimate of drug-likeness (QED) is 0.516. The molecule has 0 aliphatic heterocycles. The predicted octanol–water partition coefficient (Wildman–Crippen LogP) is 2.36. The zero-order valence-electron chi connectivity index (χ0n) is 10.0. The fourth-order valence-electron chi connectivity index (χ4n) is 1.78. The number of carbonyl (C=O) groups excluding carboxylic acids is 2. The SMILES string of the molecule is CCOC(=O)C(=O)c1cc2[nH]c(C)cc2cc1F. The number of hydrogen-bond acceptors (Lipinski definition) is 3. The van der Waals surface area contributed by atoms with Crippen molar-refractivity contribution in [3.05, 3.63) is 35.3 Å². The zero-order valence-corrected chi connectivity index (χ0v) is 10.0. The minimum Gasteiger partial charge on any atom is -0.460 e. The third kappa shape index (κ3) is 2.11. The van der Waals surface area contributed by atoms with Crippen molar-refractivity contribution >= 4 is 22.7 Å². The van der Waals surface area contributed by atoms with Crippen LogP contribution in [0.15, 0.2) is 18.2 Å². The third-order valence-corrected chi connectivity index (χ3v) is 2.55. The first-order chi connectivity index (χ1) is 8.52. The summed E-state index contributed by atoms with van der Waals surface area (Å²) >= 11 is 0. The number of aromatic amines is 1. The number of fused-ring (bicyclic) bond motifs is 1. The van der Waals surface area contributed by atoms with Crippen LogP contribution in [0.1, 0.15) is 23.0 Å². The van der Waals surface area contributed by atoms with E-state index < -0.39 is 17.6 Å². The van der Waals surface area contributed by atoms with Gasteiger partial charge in [-0.3, -0.25) is 4.79 Å². The highest BCUT2D eigenvalue weighted by molar-refractivity contribution is 6.41. The van der Waals surface area contributed by atoms with E-state index in [1.807, 2.05) is 6.92 Å². The van der Waals surface area contributed by atoms with E-state index in [1.54, 1.807) is 13.0 Å². The van der Waals surface area contributed by atoms with Gasteiger partial charge in [0.15, 0.2) is 0 Å². The highest BCUT2D eigenvalue weighted by Crippen LogP contribution is 2.20. The number of rotatable bonds is 3. The largest absolute Gasteiger partial charge is 0.460 e. The van der Waals surface area contributed by atoms with E-state index in [9.17, 15) is 14.0 Å². The van der Waals surface area contributed by atoms with Gasteiger partial charge in [-0.2, -0.15) is 0 Å². The molecule has 4 nitrogen and oxygen atoms in total. The number of aryl methyl sites for hydroxylation is 1. The van der Waals surface area contributed by atoms with E-state index in [-0.39, 0.29) is 12.2 Å². The van der Waals surface area contributed by atoms with Gasteiger partial charge in [-0.05, 0) is 32.0 Å². The van der Waals surface area contributed by atoms with Gasteiger partial charge in [-0.15, -0.1) is 0 Å². The molecule has 0 unspecified atom stereocenters. The van der Waals surface area contributed by atoms with Crippen molar-refractivity contribution < 1.29 is 18.7 Å². The first-order valence-electron chi connectivity index (χ1n) is 5.53. The third-order valence-electron chi connectivity index (χ3n) is 2.55. The lowest BCUT2D eigenvalue weighted by Gasteiger charge is -2.02. The van der Waals surface area contributed by atoms with Gasteiger partial charge in [-0.1, -0.05) is 0 Å². The Morgan fingerprint density at radius 3 is 2.72 bits per heavy atom. The van der Waals surface area contributed by atoms with Gasteiger partial charge < -0.3 is 9.72 Å². The monoisotopic (exact) mass is 249 g/mol. The van der Waals surface area contributed by atoms with Crippen LogP contribution in [-0.4, -0.2) is 23.3 Å². The van der Waals surface area contributed by atoms with E-state index in [0.29, 0.717) is 10.9 Å². The maximum Gasteiger partial charge on any atom is 0.379 e. The summed E-state index contributed by atoms with van der Waals surface area (Å²) in [6, 6.07) is 4.32. The van der Waals surface area contributed by atoms with Crippen LogP contribution >= 0.6 is 0 Å². The summed E-state index contributed by atoms with van der Waals surface area (Å²) in [5.41, 5.74) is 1.19. The molecule has 0 aliphatic carbocycles. The maximum atomic E-state index is 13.7. The minimum absolute atomic E-state index is 0.0794. The van der Waals surface area contributed by atoms with Crippen molar-refractivity contribution in [2.45, 2.75) is 13.8 Å². The molecule has 2 rings (SSSR count). The number of halogens is 1. The number of H-pyrrole nitrogens is 1. The summed E-state index contributed by atoms with van der Waals surface area (Å²) < 4.78 is 18.3. The molecule has 0 saturated carbocycles. The molecule has 1 N–H and O–H groups in total. The Morgan fingerprint density at radius 1 is 1.33 bits per heavy atom. The predicted molar refractivity (Wildman–Crippen MR) is 64.0 cm³/mol. The van der Waals surface area contributed by atoms with Crippen LogP contribution in [0.5, 0.6) is 0 Å². The number of benzene rings is 1. The van der Waals surface area contributed by atoms with E-state index in [2.05, 4.69) is 9.72 Å². The molecular weight excluding hydrogens is 237 g/mol. The Morgan fingerprint density at radius 2 is 2.06 bits per heavy atom. The molecule has 1 aromatic carbocycles. The Bertz CT molecular complexity index is 630. The number of aromatic nitrogens is 1. The first kappa shape index (κ1) is 12.3. The molecule has 1 aromatic heterocycles. The lowest BCUT2D eigenvalue weighted by molar-refractivity contribution is -0.137. The lowest BCUT2D eigenvalue weighted by Crippen LogP contribution is -2.18. The molecule has 0 aliphatic rings. The van der Waals surface area contributed by atoms with Gasteiger partial charge in [0.25, 0.3) is 5.78 Å². The van der Waals surface area contributed by atoms with Crippen molar-refractivity contribution in [3.8, 4) is 0 Å². The van der Waals surface area contributed by atoms with Crippen molar-refractivity contribution in [2.75, 3.05) is 6.61 Å². The molecule has 0 fully saturated rings. The lowest BCUT2D eigenvalue weighted by atomic mass is 10.1. The number of nitrogens with one attached hydrogen (secondary N) is 1. The van der Waals surface area contributed by atoms with Crippen molar-refractivity contribution in [1.29, 1.82) is 0 Å². The molecule has 18 heavy (non-hydrogen) atoms. The molecule has 2 aromatic rings. The van der Waals surface area contributed by atoms with Crippen LogP contribution in [0, 0.1) is 12.7 Å². The summed E-state index contributed by atoms with van der Waals surface area (Å²) in [5, 5.41) is 0.658. The van der Waals surface area contributed by atoms with E-state index in [0.717, 1.165) is 5.69 Å². The standard InChI is InChI=1S/C13H12FNO3/c1-3-18-13(17)12(16)9-6-11-8(5-10(9)14)4-7(2)15-11/h4-6,15H,3H2,1-2H3. The normalized spacial score (nSPS) is 10.6. The number of ether oxygens (including phenoxy) is 1. The topological polar surface area (TPSA) is 59.2 Å². The smallest absolute Gasteiger partial charge is 0.379 e. The maximum absolute atomic E-state index is 13.7. The second-order valence-corrected chi connectivity index (χ2v) is 3.92. The van der Waals surface area contributed by atoms with Crippen LogP contribution in [0.2, 0.25) is 0 Å². The van der Waals surface area contributed by atoms with Gasteiger partial charge in [0.2, 0.25) is 0 Å². The van der Waals surface area contributed by atoms with Gasteiger partial charge in [0.1, 0.15) is 5.82 Å².